The molecule has 0 aliphatic rings. The Bertz CT molecular complexity index is 1330. The maximum atomic E-state index is 13.7. The van der Waals surface area contributed by atoms with Crippen molar-refractivity contribution in [1.82, 2.24) is 10.2 Å². The average Bonchev–Trinajstić information content (AvgIpc) is 2.85. The van der Waals surface area contributed by atoms with E-state index in [1.54, 1.807) is 67.6 Å². The minimum Gasteiger partial charge on any atom is -0.357 e. The zero-order valence-electron chi connectivity index (χ0n) is 20.1. The first-order valence-electron chi connectivity index (χ1n) is 11.1. The molecule has 36 heavy (non-hydrogen) atoms. The summed E-state index contributed by atoms with van der Waals surface area (Å²) < 4.78 is 29.2. The number of anilines is 1. The van der Waals surface area contributed by atoms with Gasteiger partial charge >= 0.3 is 0 Å². The Morgan fingerprint density at radius 2 is 1.67 bits per heavy atom. The van der Waals surface area contributed by atoms with Crippen molar-refractivity contribution >= 4 is 55.1 Å². The number of benzene rings is 3. The molecule has 0 aliphatic heterocycles. The molecule has 3 aromatic carbocycles. The molecule has 10 heteroatoms. The van der Waals surface area contributed by atoms with E-state index in [1.165, 1.54) is 24.1 Å². The molecule has 0 fully saturated rings. The largest absolute Gasteiger partial charge is 0.357 e. The molecule has 0 heterocycles. The summed E-state index contributed by atoms with van der Waals surface area (Å²) in [6.45, 7) is 3.03. The lowest BCUT2D eigenvalue weighted by atomic mass is 10.1. The van der Waals surface area contributed by atoms with E-state index >= 15 is 0 Å². The molecule has 3 rings (SSSR count). The monoisotopic (exact) mass is 591 g/mol. The SMILES string of the molecule is CNC(=O)[C@@H](C)N(Cc1cccc(Cl)c1)C(=O)CN(c1ccc(Br)cc1)S(=O)(=O)c1ccc(C)cc1. The van der Waals surface area contributed by atoms with Gasteiger partial charge in [0.25, 0.3) is 10.0 Å². The first-order chi connectivity index (χ1) is 17.0. The molecule has 3 aromatic rings. The van der Waals surface area contributed by atoms with Gasteiger partial charge in [-0.1, -0.05) is 57.4 Å². The molecular weight excluding hydrogens is 566 g/mol. The topological polar surface area (TPSA) is 86.8 Å². The van der Waals surface area contributed by atoms with Gasteiger partial charge < -0.3 is 10.2 Å². The Morgan fingerprint density at radius 3 is 2.25 bits per heavy atom. The summed E-state index contributed by atoms with van der Waals surface area (Å²) in [6, 6.07) is 19.2. The van der Waals surface area contributed by atoms with E-state index in [4.69, 9.17) is 11.6 Å². The lowest BCUT2D eigenvalue weighted by Crippen LogP contribution is -2.50. The summed E-state index contributed by atoms with van der Waals surface area (Å²) >= 11 is 9.48. The number of nitrogens with zero attached hydrogens (tertiary/aromatic N) is 2. The Balaban J connectivity index is 2.02. The Kier molecular flexibility index (Phi) is 9.16. The number of sulfonamides is 1. The van der Waals surface area contributed by atoms with Gasteiger partial charge in [0.05, 0.1) is 10.6 Å². The minimum absolute atomic E-state index is 0.0598. The van der Waals surface area contributed by atoms with Crippen LogP contribution in [0.1, 0.15) is 18.1 Å². The van der Waals surface area contributed by atoms with Gasteiger partial charge in [0.15, 0.2) is 0 Å². The highest BCUT2D eigenvalue weighted by Gasteiger charge is 2.32. The van der Waals surface area contributed by atoms with Crippen LogP contribution in [0, 0.1) is 6.92 Å². The van der Waals surface area contributed by atoms with E-state index in [0.717, 1.165) is 14.3 Å². The van der Waals surface area contributed by atoms with Crippen molar-refractivity contribution < 1.29 is 18.0 Å². The molecule has 0 saturated heterocycles. The Hall–Kier alpha value is -2.88. The van der Waals surface area contributed by atoms with Crippen LogP contribution in [0.3, 0.4) is 0 Å². The number of carbonyl (C=O) groups excluding carboxylic acids is 2. The molecule has 1 N–H and O–H groups in total. The number of rotatable bonds is 9. The van der Waals surface area contributed by atoms with Gasteiger partial charge in [-0.05, 0) is 67.9 Å². The Labute approximate surface area is 225 Å². The third-order valence-electron chi connectivity index (χ3n) is 5.66. The highest BCUT2D eigenvalue weighted by atomic mass is 79.9. The standard InChI is InChI=1S/C26H27BrClN3O4S/c1-18-7-13-24(14-8-18)36(34,35)31(23-11-9-21(27)10-12-23)17-25(32)30(19(2)26(33)29-3)16-20-5-4-6-22(28)15-20/h4-15,19H,16-17H2,1-3H3,(H,29,33)/t19-/m1/s1. The van der Waals surface area contributed by atoms with Gasteiger partial charge in [-0.2, -0.15) is 0 Å². The normalized spacial score (nSPS) is 12.0. The lowest BCUT2D eigenvalue weighted by Gasteiger charge is -2.31. The predicted octanol–water partition coefficient (Wildman–Crippen LogP) is 4.77. The molecular formula is C26H27BrClN3O4S. The van der Waals surface area contributed by atoms with E-state index in [2.05, 4.69) is 21.2 Å². The van der Waals surface area contributed by atoms with Crippen LogP contribution in [0.15, 0.2) is 82.2 Å². The third-order valence-corrected chi connectivity index (χ3v) is 8.21. The fourth-order valence-corrected chi connectivity index (χ4v) is 5.49. The van der Waals surface area contributed by atoms with Crippen LogP contribution in [0.2, 0.25) is 5.02 Å². The van der Waals surface area contributed by atoms with Crippen molar-refractivity contribution in [1.29, 1.82) is 0 Å². The maximum absolute atomic E-state index is 13.7. The van der Waals surface area contributed by atoms with Gasteiger partial charge in [-0.3, -0.25) is 13.9 Å². The molecule has 0 bridgehead atoms. The van der Waals surface area contributed by atoms with Crippen LogP contribution in [0.4, 0.5) is 5.69 Å². The molecule has 0 aliphatic carbocycles. The van der Waals surface area contributed by atoms with Gasteiger partial charge in [0, 0.05) is 23.1 Å². The Morgan fingerprint density at radius 1 is 1.03 bits per heavy atom. The minimum atomic E-state index is -4.09. The molecule has 0 spiro atoms. The van der Waals surface area contributed by atoms with Crippen LogP contribution < -0.4 is 9.62 Å². The molecule has 0 radical (unpaired) electrons. The van der Waals surface area contributed by atoms with E-state index < -0.39 is 28.5 Å². The number of amides is 2. The summed E-state index contributed by atoms with van der Waals surface area (Å²) in [5.74, 6) is -0.911. The number of hydrogen-bond donors (Lipinski definition) is 1. The van der Waals surface area contributed by atoms with E-state index in [0.29, 0.717) is 16.3 Å². The number of carbonyl (C=O) groups is 2. The second-order valence-electron chi connectivity index (χ2n) is 8.24. The smallest absolute Gasteiger partial charge is 0.264 e. The zero-order valence-corrected chi connectivity index (χ0v) is 23.3. The van der Waals surface area contributed by atoms with Crippen LogP contribution >= 0.6 is 27.5 Å². The van der Waals surface area contributed by atoms with Crippen LogP contribution in [-0.4, -0.2) is 44.8 Å². The molecule has 0 saturated carbocycles. The lowest BCUT2D eigenvalue weighted by molar-refractivity contribution is -0.139. The number of likely N-dealkylation sites (N-methyl/N-ethyl adjacent to an activating group) is 1. The van der Waals surface area contributed by atoms with Gasteiger partial charge in [-0.25, -0.2) is 8.42 Å². The summed E-state index contributed by atoms with van der Waals surface area (Å²) in [5, 5.41) is 3.05. The number of nitrogens with one attached hydrogen (secondary N) is 1. The first-order valence-corrected chi connectivity index (χ1v) is 13.7. The molecule has 190 valence electrons. The zero-order chi connectivity index (χ0) is 26.5. The first kappa shape index (κ1) is 27.7. The van der Waals surface area contributed by atoms with E-state index in [1.807, 2.05) is 6.92 Å². The van der Waals surface area contributed by atoms with Crippen molar-refractivity contribution in [2.45, 2.75) is 31.3 Å². The molecule has 0 aromatic heterocycles. The fourth-order valence-electron chi connectivity index (χ4n) is 3.60. The highest BCUT2D eigenvalue weighted by Crippen LogP contribution is 2.26. The summed E-state index contributed by atoms with van der Waals surface area (Å²) in [4.78, 5) is 27.6. The third kappa shape index (κ3) is 6.66. The molecule has 2 amide bonds. The van der Waals surface area contributed by atoms with Crippen LogP contribution in [0.25, 0.3) is 0 Å². The quantitative estimate of drug-likeness (QED) is 0.388. The van der Waals surface area contributed by atoms with E-state index in [-0.39, 0.29) is 17.3 Å². The van der Waals surface area contributed by atoms with Gasteiger partial charge in [0.1, 0.15) is 12.6 Å². The van der Waals surface area contributed by atoms with E-state index in [9.17, 15) is 18.0 Å². The summed E-state index contributed by atoms with van der Waals surface area (Å²) in [6.07, 6.45) is 0. The summed E-state index contributed by atoms with van der Waals surface area (Å²) in [7, 11) is -2.61. The van der Waals surface area contributed by atoms with Crippen molar-refractivity contribution in [2.75, 3.05) is 17.9 Å². The molecule has 1 atom stereocenters. The van der Waals surface area contributed by atoms with Crippen molar-refractivity contribution in [2.24, 2.45) is 0 Å². The van der Waals surface area contributed by atoms with Crippen molar-refractivity contribution in [3.8, 4) is 0 Å². The fraction of sp³-hybridized carbons (Fsp3) is 0.231. The van der Waals surface area contributed by atoms with Gasteiger partial charge in [-0.15, -0.1) is 0 Å². The van der Waals surface area contributed by atoms with Crippen LogP contribution in [0.5, 0.6) is 0 Å². The maximum Gasteiger partial charge on any atom is 0.264 e. The predicted molar refractivity (Wildman–Crippen MR) is 145 cm³/mol. The van der Waals surface area contributed by atoms with Crippen LogP contribution in [-0.2, 0) is 26.2 Å². The molecule has 7 nitrogen and oxygen atoms in total. The van der Waals surface area contributed by atoms with Crippen molar-refractivity contribution in [3.63, 3.8) is 0 Å². The highest BCUT2D eigenvalue weighted by molar-refractivity contribution is 9.10. The summed E-state index contributed by atoms with van der Waals surface area (Å²) in [5.41, 5.74) is 1.94. The number of aryl methyl sites for hydroxylation is 1. The molecule has 0 unspecified atom stereocenters. The second kappa shape index (κ2) is 11.9. The number of halogens is 2. The average molecular weight is 593 g/mol. The van der Waals surface area contributed by atoms with Crippen molar-refractivity contribution in [3.05, 3.63) is 93.4 Å². The van der Waals surface area contributed by atoms with Gasteiger partial charge in [0.2, 0.25) is 11.8 Å². The number of hydrogen-bond acceptors (Lipinski definition) is 4. The second-order valence-corrected chi connectivity index (χ2v) is 11.5.